The molecule has 4 rings (SSSR count). The Labute approximate surface area is 131 Å². The third kappa shape index (κ3) is 2.05. The van der Waals surface area contributed by atoms with E-state index in [4.69, 9.17) is 25.8 Å². The first kappa shape index (κ1) is 13.3. The van der Waals surface area contributed by atoms with E-state index in [2.05, 4.69) is 0 Å². The van der Waals surface area contributed by atoms with Gasteiger partial charge in [0.2, 0.25) is 6.79 Å². The van der Waals surface area contributed by atoms with Crippen LogP contribution in [0.15, 0.2) is 30.3 Å². The SMILES string of the molecule is O=C1C[C@H](c2ccc(O)c(Cl)c2)c2cc3c(cc2O1)OCO3. The van der Waals surface area contributed by atoms with Crippen molar-refractivity contribution in [2.75, 3.05) is 6.79 Å². The first-order valence-electron chi connectivity index (χ1n) is 6.74. The number of carbonyl (C=O) groups excluding carboxylic acids is 1. The number of ether oxygens (including phenoxy) is 3. The van der Waals surface area contributed by atoms with E-state index in [-0.39, 0.29) is 35.9 Å². The molecule has 0 amide bonds. The third-order valence-corrected chi connectivity index (χ3v) is 4.15. The standard InChI is InChI=1S/C16H11ClO5/c17-11-3-8(1-2-12(11)18)9-5-16(19)22-13-6-15-14(4-10(9)13)20-7-21-15/h1-4,6,9,18H,5,7H2/t9-/m1/s1. The van der Waals surface area contributed by atoms with E-state index in [0.717, 1.165) is 11.1 Å². The molecule has 0 aromatic heterocycles. The quantitative estimate of drug-likeness (QED) is 0.646. The van der Waals surface area contributed by atoms with Crippen LogP contribution >= 0.6 is 11.6 Å². The topological polar surface area (TPSA) is 65.0 Å². The van der Waals surface area contributed by atoms with E-state index in [1.54, 1.807) is 18.2 Å². The Bertz CT molecular complexity index is 786. The van der Waals surface area contributed by atoms with Gasteiger partial charge in [-0.3, -0.25) is 4.79 Å². The number of carbonyl (C=O) groups is 1. The van der Waals surface area contributed by atoms with E-state index < -0.39 is 0 Å². The average molecular weight is 319 g/mol. The van der Waals surface area contributed by atoms with E-state index in [0.29, 0.717) is 17.2 Å². The number of benzene rings is 2. The molecule has 22 heavy (non-hydrogen) atoms. The normalized spacial score (nSPS) is 18.8. The molecule has 0 unspecified atom stereocenters. The van der Waals surface area contributed by atoms with Crippen LogP contribution < -0.4 is 14.2 Å². The van der Waals surface area contributed by atoms with Crippen LogP contribution in [0.2, 0.25) is 5.02 Å². The number of hydrogen-bond acceptors (Lipinski definition) is 5. The van der Waals surface area contributed by atoms with Crippen LogP contribution in [0.4, 0.5) is 0 Å². The minimum atomic E-state index is -0.319. The van der Waals surface area contributed by atoms with Gasteiger partial charge >= 0.3 is 5.97 Å². The van der Waals surface area contributed by atoms with Crippen molar-refractivity contribution in [1.29, 1.82) is 0 Å². The molecule has 2 aliphatic rings. The van der Waals surface area contributed by atoms with E-state index in [1.807, 2.05) is 6.07 Å². The zero-order valence-electron chi connectivity index (χ0n) is 11.3. The molecule has 0 radical (unpaired) electrons. The van der Waals surface area contributed by atoms with Gasteiger partial charge < -0.3 is 19.3 Å². The van der Waals surface area contributed by atoms with Gasteiger partial charge in [-0.1, -0.05) is 17.7 Å². The molecule has 0 bridgehead atoms. The molecular formula is C16H11ClO5. The highest BCUT2D eigenvalue weighted by Gasteiger charge is 2.31. The van der Waals surface area contributed by atoms with Gasteiger partial charge in [-0.2, -0.15) is 0 Å². The smallest absolute Gasteiger partial charge is 0.312 e. The molecule has 1 N–H and O–H groups in total. The van der Waals surface area contributed by atoms with Crippen LogP contribution in [-0.2, 0) is 4.79 Å². The lowest BCUT2D eigenvalue weighted by molar-refractivity contribution is -0.135. The largest absolute Gasteiger partial charge is 0.506 e. The van der Waals surface area contributed by atoms with Gasteiger partial charge in [0.05, 0.1) is 11.4 Å². The van der Waals surface area contributed by atoms with Crippen molar-refractivity contribution in [3.63, 3.8) is 0 Å². The number of aromatic hydroxyl groups is 1. The van der Waals surface area contributed by atoms with Gasteiger partial charge in [-0.05, 0) is 23.8 Å². The van der Waals surface area contributed by atoms with Crippen molar-refractivity contribution in [2.24, 2.45) is 0 Å². The number of phenolic OH excluding ortho intramolecular Hbond substituents is 1. The van der Waals surface area contributed by atoms with Crippen LogP contribution in [0.25, 0.3) is 0 Å². The van der Waals surface area contributed by atoms with Gasteiger partial charge in [0.15, 0.2) is 11.5 Å². The summed E-state index contributed by atoms with van der Waals surface area (Å²) in [5, 5.41) is 9.80. The summed E-state index contributed by atoms with van der Waals surface area (Å²) >= 11 is 5.98. The molecule has 5 nitrogen and oxygen atoms in total. The van der Waals surface area contributed by atoms with Crippen molar-refractivity contribution in [3.05, 3.63) is 46.5 Å². The number of phenols is 1. The minimum absolute atomic E-state index is 0.00899. The maximum atomic E-state index is 11.9. The van der Waals surface area contributed by atoms with Gasteiger partial charge in [0.1, 0.15) is 11.5 Å². The number of rotatable bonds is 1. The molecule has 2 aliphatic heterocycles. The van der Waals surface area contributed by atoms with Crippen molar-refractivity contribution in [3.8, 4) is 23.0 Å². The van der Waals surface area contributed by atoms with Gasteiger partial charge in [0, 0.05) is 17.5 Å². The fraction of sp³-hybridized carbons (Fsp3) is 0.188. The molecule has 0 aliphatic carbocycles. The minimum Gasteiger partial charge on any atom is -0.506 e. The Kier molecular flexibility index (Phi) is 2.90. The molecule has 0 fully saturated rings. The maximum absolute atomic E-state index is 11.9. The fourth-order valence-electron chi connectivity index (χ4n) is 2.78. The number of esters is 1. The molecule has 0 saturated carbocycles. The van der Waals surface area contributed by atoms with Crippen LogP contribution in [0, 0.1) is 0 Å². The Morgan fingerprint density at radius 2 is 1.86 bits per heavy atom. The highest BCUT2D eigenvalue weighted by atomic mass is 35.5. The third-order valence-electron chi connectivity index (χ3n) is 3.85. The second-order valence-electron chi connectivity index (χ2n) is 5.18. The Hall–Kier alpha value is -2.40. The second-order valence-corrected chi connectivity index (χ2v) is 5.59. The molecule has 2 aromatic carbocycles. The van der Waals surface area contributed by atoms with Crippen LogP contribution in [0.1, 0.15) is 23.5 Å². The lowest BCUT2D eigenvalue weighted by atomic mass is 9.86. The summed E-state index contributed by atoms with van der Waals surface area (Å²) in [5.74, 6) is 1.15. The van der Waals surface area contributed by atoms with Crippen molar-refractivity contribution in [1.82, 2.24) is 0 Å². The van der Waals surface area contributed by atoms with Gasteiger partial charge in [-0.25, -0.2) is 0 Å². The average Bonchev–Trinajstić information content (AvgIpc) is 2.94. The predicted molar refractivity (Wildman–Crippen MR) is 77.8 cm³/mol. The summed E-state index contributed by atoms with van der Waals surface area (Å²) in [5.41, 5.74) is 1.67. The van der Waals surface area contributed by atoms with Crippen molar-refractivity contribution >= 4 is 17.6 Å². The van der Waals surface area contributed by atoms with Gasteiger partial charge in [0.25, 0.3) is 0 Å². The Morgan fingerprint density at radius 3 is 2.64 bits per heavy atom. The number of hydrogen-bond donors (Lipinski definition) is 1. The van der Waals surface area contributed by atoms with Crippen LogP contribution in [0.5, 0.6) is 23.0 Å². The molecule has 0 saturated heterocycles. The fourth-order valence-corrected chi connectivity index (χ4v) is 2.97. The van der Waals surface area contributed by atoms with Crippen molar-refractivity contribution in [2.45, 2.75) is 12.3 Å². The second kappa shape index (κ2) is 4.81. The monoisotopic (exact) mass is 318 g/mol. The van der Waals surface area contributed by atoms with Crippen LogP contribution in [0.3, 0.4) is 0 Å². The first-order valence-corrected chi connectivity index (χ1v) is 7.12. The Balaban J connectivity index is 1.84. The lowest BCUT2D eigenvalue weighted by Gasteiger charge is -2.25. The van der Waals surface area contributed by atoms with Crippen LogP contribution in [-0.4, -0.2) is 17.9 Å². The lowest BCUT2D eigenvalue weighted by Crippen LogP contribution is -2.20. The van der Waals surface area contributed by atoms with E-state index >= 15 is 0 Å². The first-order chi connectivity index (χ1) is 10.6. The summed E-state index contributed by atoms with van der Waals surface area (Å²) in [4.78, 5) is 11.9. The highest BCUT2D eigenvalue weighted by molar-refractivity contribution is 6.32. The predicted octanol–water partition coefficient (Wildman–Crippen LogP) is 3.22. The van der Waals surface area contributed by atoms with E-state index in [1.165, 1.54) is 6.07 Å². The molecule has 6 heteroatoms. The molecule has 112 valence electrons. The van der Waals surface area contributed by atoms with Crippen molar-refractivity contribution < 1.29 is 24.1 Å². The molecule has 2 aromatic rings. The highest BCUT2D eigenvalue weighted by Crippen LogP contribution is 2.46. The number of fused-ring (bicyclic) bond motifs is 2. The number of halogens is 1. The molecule has 2 heterocycles. The summed E-state index contributed by atoms with van der Waals surface area (Å²) in [6.07, 6.45) is 0.202. The Morgan fingerprint density at radius 1 is 1.09 bits per heavy atom. The molecule has 0 spiro atoms. The summed E-state index contributed by atoms with van der Waals surface area (Å²) in [7, 11) is 0. The zero-order chi connectivity index (χ0) is 15.3. The molecular weight excluding hydrogens is 308 g/mol. The summed E-state index contributed by atoms with van der Waals surface area (Å²) < 4.78 is 16.0. The zero-order valence-corrected chi connectivity index (χ0v) is 12.1. The summed E-state index contributed by atoms with van der Waals surface area (Å²) in [6, 6.07) is 8.43. The van der Waals surface area contributed by atoms with Gasteiger partial charge in [-0.15, -0.1) is 0 Å². The van der Waals surface area contributed by atoms with E-state index in [9.17, 15) is 9.90 Å². The maximum Gasteiger partial charge on any atom is 0.312 e. The molecule has 1 atom stereocenters. The summed E-state index contributed by atoms with van der Waals surface area (Å²) in [6.45, 7) is 0.155.